The maximum Gasteiger partial charge on any atom is 0.416 e. The van der Waals surface area contributed by atoms with Crippen molar-refractivity contribution < 1.29 is 13.2 Å². The normalized spacial score (nSPS) is 20.8. The average Bonchev–Trinajstić information content (AvgIpc) is 2.63. The summed E-state index contributed by atoms with van der Waals surface area (Å²) in [6.45, 7) is 4.59. The Morgan fingerprint density at radius 2 is 1.96 bits per heavy atom. The molecular weight excluding hydrogens is 480 g/mol. The fourth-order valence-corrected chi connectivity index (χ4v) is 3.53. The van der Waals surface area contributed by atoms with Crippen LogP contribution in [0, 0.1) is 18.3 Å². The molecule has 0 aliphatic carbocycles. The van der Waals surface area contributed by atoms with E-state index in [2.05, 4.69) is 26.4 Å². The van der Waals surface area contributed by atoms with E-state index in [-0.39, 0.29) is 35.9 Å². The Morgan fingerprint density at radius 3 is 2.54 bits per heavy atom. The maximum absolute atomic E-state index is 12.8. The van der Waals surface area contributed by atoms with Crippen LogP contribution in [0.2, 0.25) is 0 Å². The summed E-state index contributed by atoms with van der Waals surface area (Å²) in [4.78, 5) is 6.84. The Bertz CT molecular complexity index is 668. The van der Waals surface area contributed by atoms with Gasteiger partial charge in [0.2, 0.25) is 0 Å². The predicted octanol–water partition coefficient (Wildman–Crippen LogP) is 3.89. The highest BCUT2D eigenvalue weighted by Gasteiger charge is 2.33. The van der Waals surface area contributed by atoms with E-state index in [1.807, 2.05) is 14.0 Å². The van der Waals surface area contributed by atoms with Gasteiger partial charge in [-0.15, -0.1) is 30.4 Å². The Labute approximate surface area is 182 Å². The minimum atomic E-state index is -4.32. The zero-order chi connectivity index (χ0) is 19.9. The summed E-state index contributed by atoms with van der Waals surface area (Å²) in [5.74, 6) is 3.41. The van der Waals surface area contributed by atoms with Crippen molar-refractivity contribution in [1.82, 2.24) is 15.5 Å². The number of guanidine groups is 1. The van der Waals surface area contributed by atoms with Gasteiger partial charge in [0.15, 0.2) is 5.96 Å². The Hall–Kier alpha value is -1.47. The first-order chi connectivity index (χ1) is 12.9. The van der Waals surface area contributed by atoms with Gasteiger partial charge in [-0.05, 0) is 57.0 Å². The van der Waals surface area contributed by atoms with Crippen molar-refractivity contribution in [2.24, 2.45) is 10.9 Å². The third-order valence-electron chi connectivity index (χ3n) is 4.77. The minimum Gasteiger partial charge on any atom is -0.357 e. The number of benzene rings is 1. The molecule has 8 heteroatoms. The summed E-state index contributed by atoms with van der Waals surface area (Å²) < 4.78 is 38.5. The predicted molar refractivity (Wildman–Crippen MR) is 118 cm³/mol. The highest BCUT2D eigenvalue weighted by Crippen LogP contribution is 2.37. The van der Waals surface area contributed by atoms with E-state index in [9.17, 15) is 13.2 Å². The fourth-order valence-electron chi connectivity index (χ4n) is 3.53. The van der Waals surface area contributed by atoms with E-state index in [1.165, 1.54) is 0 Å². The van der Waals surface area contributed by atoms with Crippen LogP contribution in [0.1, 0.15) is 36.9 Å². The van der Waals surface area contributed by atoms with Crippen molar-refractivity contribution >= 4 is 29.9 Å². The van der Waals surface area contributed by atoms with Gasteiger partial charge in [-0.3, -0.25) is 9.89 Å². The molecular formula is C20H28F3IN4. The van der Waals surface area contributed by atoms with Crippen LogP contribution in [0.3, 0.4) is 0 Å². The standard InChI is InChI=1S/C20H27F3N4.HI/c1-4-12-25-19(24-5-2)26-14-16-7-6-13-27(3)18(16)15-8-10-17(11-9-15)20(21,22)23;/h1,8-11,16,18H,5-7,12-14H2,2-3H3,(H2,24,25,26);1H. The SMILES string of the molecule is C#CCNC(=NCC1CCCN(C)C1c1ccc(C(F)(F)F)cc1)NCC.I. The van der Waals surface area contributed by atoms with Gasteiger partial charge >= 0.3 is 6.18 Å². The molecule has 2 rings (SSSR count). The first-order valence-corrected chi connectivity index (χ1v) is 9.19. The molecule has 1 aliphatic heterocycles. The molecule has 0 saturated carbocycles. The number of piperidine rings is 1. The van der Waals surface area contributed by atoms with Gasteiger partial charge in [0, 0.05) is 19.1 Å². The second kappa shape index (κ2) is 11.5. The maximum atomic E-state index is 12.8. The molecule has 1 heterocycles. The second-order valence-electron chi connectivity index (χ2n) is 6.72. The lowest BCUT2D eigenvalue weighted by Gasteiger charge is -2.39. The highest BCUT2D eigenvalue weighted by molar-refractivity contribution is 14.0. The van der Waals surface area contributed by atoms with Crippen LogP contribution in [0.5, 0.6) is 0 Å². The Balaban J connectivity index is 0.00000392. The number of likely N-dealkylation sites (tertiary alicyclic amines) is 1. The smallest absolute Gasteiger partial charge is 0.357 e. The number of terminal acetylenes is 1. The van der Waals surface area contributed by atoms with E-state index in [4.69, 9.17) is 6.42 Å². The number of aliphatic imine (C=N–C) groups is 1. The molecule has 2 atom stereocenters. The summed E-state index contributed by atoms with van der Waals surface area (Å²) in [7, 11) is 2.01. The summed E-state index contributed by atoms with van der Waals surface area (Å²) in [6, 6.07) is 5.55. The molecule has 0 bridgehead atoms. The third kappa shape index (κ3) is 6.85. The van der Waals surface area contributed by atoms with Gasteiger partial charge in [-0.2, -0.15) is 13.2 Å². The van der Waals surface area contributed by atoms with E-state index in [0.717, 1.165) is 43.6 Å². The third-order valence-corrected chi connectivity index (χ3v) is 4.77. The topological polar surface area (TPSA) is 39.7 Å². The van der Waals surface area contributed by atoms with Crippen molar-refractivity contribution in [3.63, 3.8) is 0 Å². The molecule has 0 aromatic heterocycles. The van der Waals surface area contributed by atoms with Gasteiger partial charge in [-0.1, -0.05) is 18.1 Å². The number of nitrogens with one attached hydrogen (secondary N) is 2. The van der Waals surface area contributed by atoms with Gasteiger partial charge in [0.05, 0.1) is 12.1 Å². The quantitative estimate of drug-likeness (QED) is 0.275. The van der Waals surface area contributed by atoms with Crippen molar-refractivity contribution in [1.29, 1.82) is 0 Å². The van der Waals surface area contributed by atoms with Gasteiger partial charge in [0.25, 0.3) is 0 Å². The lowest BCUT2D eigenvalue weighted by Crippen LogP contribution is -2.40. The number of alkyl halides is 3. The molecule has 156 valence electrons. The van der Waals surface area contributed by atoms with Gasteiger partial charge < -0.3 is 10.6 Å². The van der Waals surface area contributed by atoms with E-state index < -0.39 is 11.7 Å². The molecule has 0 spiro atoms. The van der Waals surface area contributed by atoms with E-state index >= 15 is 0 Å². The number of halogens is 4. The molecule has 1 aliphatic rings. The molecule has 0 radical (unpaired) electrons. The summed E-state index contributed by atoms with van der Waals surface area (Å²) >= 11 is 0. The minimum absolute atomic E-state index is 0. The Morgan fingerprint density at radius 1 is 1.29 bits per heavy atom. The molecule has 2 unspecified atom stereocenters. The van der Waals surface area contributed by atoms with Crippen LogP contribution >= 0.6 is 24.0 Å². The Kier molecular flexibility index (Phi) is 10.1. The van der Waals surface area contributed by atoms with Crippen LogP contribution < -0.4 is 10.6 Å². The van der Waals surface area contributed by atoms with E-state index in [0.29, 0.717) is 19.0 Å². The molecule has 28 heavy (non-hydrogen) atoms. The van der Waals surface area contributed by atoms with Crippen molar-refractivity contribution in [2.45, 2.75) is 32.0 Å². The van der Waals surface area contributed by atoms with Crippen LogP contribution in [-0.4, -0.2) is 44.1 Å². The molecule has 0 amide bonds. The second-order valence-corrected chi connectivity index (χ2v) is 6.72. The molecule has 1 aromatic rings. The van der Waals surface area contributed by atoms with Crippen LogP contribution in [0.25, 0.3) is 0 Å². The van der Waals surface area contributed by atoms with Crippen molar-refractivity contribution in [3.05, 3.63) is 35.4 Å². The molecule has 1 saturated heterocycles. The van der Waals surface area contributed by atoms with Gasteiger partial charge in [-0.25, -0.2) is 0 Å². The first-order valence-electron chi connectivity index (χ1n) is 9.19. The summed E-state index contributed by atoms with van der Waals surface area (Å²) in [6.07, 6.45) is 3.00. The lowest BCUT2D eigenvalue weighted by atomic mass is 9.84. The summed E-state index contributed by atoms with van der Waals surface area (Å²) in [5, 5.41) is 6.22. The number of hydrogen-bond acceptors (Lipinski definition) is 2. The number of rotatable bonds is 5. The molecule has 2 N–H and O–H groups in total. The van der Waals surface area contributed by atoms with Gasteiger partial charge in [0.1, 0.15) is 0 Å². The number of nitrogens with zero attached hydrogens (tertiary/aromatic N) is 2. The lowest BCUT2D eigenvalue weighted by molar-refractivity contribution is -0.137. The highest BCUT2D eigenvalue weighted by atomic mass is 127. The molecule has 1 fully saturated rings. The monoisotopic (exact) mass is 508 g/mol. The number of hydrogen-bond donors (Lipinski definition) is 2. The molecule has 4 nitrogen and oxygen atoms in total. The largest absolute Gasteiger partial charge is 0.416 e. The summed E-state index contributed by atoms with van der Waals surface area (Å²) in [5.41, 5.74) is 0.277. The van der Waals surface area contributed by atoms with Crippen LogP contribution in [0.15, 0.2) is 29.3 Å². The van der Waals surface area contributed by atoms with Crippen molar-refractivity contribution in [3.8, 4) is 12.3 Å². The zero-order valence-electron chi connectivity index (χ0n) is 16.2. The average molecular weight is 508 g/mol. The van der Waals surface area contributed by atoms with Crippen LogP contribution in [0.4, 0.5) is 13.2 Å². The van der Waals surface area contributed by atoms with Crippen molar-refractivity contribution in [2.75, 3.05) is 33.2 Å². The van der Waals surface area contributed by atoms with Crippen LogP contribution in [-0.2, 0) is 6.18 Å². The molecule has 1 aromatic carbocycles. The zero-order valence-corrected chi connectivity index (χ0v) is 18.6. The fraction of sp³-hybridized carbons (Fsp3) is 0.550. The first kappa shape index (κ1) is 24.6. The van der Waals surface area contributed by atoms with E-state index in [1.54, 1.807) is 12.1 Å².